The summed E-state index contributed by atoms with van der Waals surface area (Å²) in [5, 5.41) is 3.82. The van der Waals surface area contributed by atoms with Gasteiger partial charge in [-0.1, -0.05) is 11.6 Å². The smallest absolute Gasteiger partial charge is 0.318 e. The monoisotopic (exact) mass is 384 g/mol. The molecule has 0 fully saturated rings. The maximum absolute atomic E-state index is 12.8. The van der Waals surface area contributed by atoms with Crippen LogP contribution in [0.5, 0.6) is 0 Å². The third-order valence-corrected chi connectivity index (χ3v) is 3.61. The summed E-state index contributed by atoms with van der Waals surface area (Å²) in [6.45, 7) is 1.38. The van der Waals surface area contributed by atoms with Gasteiger partial charge in [0.2, 0.25) is 0 Å². The molecule has 0 bridgehead atoms. The zero-order valence-electron chi connectivity index (χ0n) is 13.3. The summed E-state index contributed by atoms with van der Waals surface area (Å²) in [6.07, 6.45) is -4.70. The highest BCUT2D eigenvalue weighted by Gasteiger charge is 2.33. The third kappa shape index (κ3) is 4.82. The SMILES string of the molecule is CC(=O)c1ccc(NC(=O)C(=O)Nc2ccc(Cl)c(C(F)(F)F)c2)cc1. The number of hydrogen-bond acceptors (Lipinski definition) is 3. The summed E-state index contributed by atoms with van der Waals surface area (Å²) in [5.41, 5.74) is -0.679. The van der Waals surface area contributed by atoms with E-state index < -0.39 is 28.6 Å². The molecule has 0 aliphatic heterocycles. The second-order valence-electron chi connectivity index (χ2n) is 5.23. The molecule has 0 saturated carbocycles. The lowest BCUT2D eigenvalue weighted by Gasteiger charge is -2.12. The number of halogens is 4. The van der Waals surface area contributed by atoms with Crippen molar-refractivity contribution in [1.82, 2.24) is 0 Å². The fraction of sp³-hybridized carbons (Fsp3) is 0.118. The van der Waals surface area contributed by atoms with Crippen LogP contribution in [-0.2, 0) is 15.8 Å². The van der Waals surface area contributed by atoms with Gasteiger partial charge in [0.25, 0.3) is 0 Å². The van der Waals surface area contributed by atoms with Gasteiger partial charge in [-0.2, -0.15) is 13.2 Å². The molecule has 0 radical (unpaired) electrons. The molecule has 0 heterocycles. The van der Waals surface area contributed by atoms with Crippen LogP contribution in [0.3, 0.4) is 0 Å². The molecule has 2 aromatic carbocycles. The van der Waals surface area contributed by atoms with Gasteiger partial charge in [-0.15, -0.1) is 0 Å². The van der Waals surface area contributed by atoms with Crippen molar-refractivity contribution >= 4 is 40.6 Å². The minimum Gasteiger partial charge on any atom is -0.318 e. The Morgan fingerprint density at radius 1 is 0.885 bits per heavy atom. The van der Waals surface area contributed by atoms with Crippen molar-refractivity contribution in [3.05, 3.63) is 58.6 Å². The van der Waals surface area contributed by atoms with Crippen LogP contribution < -0.4 is 10.6 Å². The van der Waals surface area contributed by atoms with Crippen molar-refractivity contribution < 1.29 is 27.6 Å². The highest BCUT2D eigenvalue weighted by molar-refractivity contribution is 6.43. The van der Waals surface area contributed by atoms with E-state index >= 15 is 0 Å². The van der Waals surface area contributed by atoms with Crippen LogP contribution in [0.15, 0.2) is 42.5 Å². The summed E-state index contributed by atoms with van der Waals surface area (Å²) in [6, 6.07) is 8.52. The molecule has 0 saturated heterocycles. The predicted molar refractivity (Wildman–Crippen MR) is 90.2 cm³/mol. The van der Waals surface area contributed by atoms with Crippen LogP contribution in [-0.4, -0.2) is 17.6 Å². The maximum Gasteiger partial charge on any atom is 0.417 e. The molecule has 2 rings (SSSR count). The molecule has 2 aromatic rings. The molecule has 2 N–H and O–H groups in total. The molecule has 0 unspecified atom stereocenters. The van der Waals surface area contributed by atoms with E-state index in [0.717, 1.165) is 12.1 Å². The van der Waals surface area contributed by atoms with Crippen molar-refractivity contribution in [3.63, 3.8) is 0 Å². The normalized spacial score (nSPS) is 11.0. The molecule has 9 heteroatoms. The Balaban J connectivity index is 2.07. The first-order chi connectivity index (χ1) is 12.1. The quantitative estimate of drug-likeness (QED) is 0.617. The van der Waals surface area contributed by atoms with Gasteiger partial charge < -0.3 is 10.6 Å². The first kappa shape index (κ1) is 19.5. The Kier molecular flexibility index (Phi) is 5.66. The van der Waals surface area contributed by atoms with Gasteiger partial charge in [-0.3, -0.25) is 14.4 Å². The minimum atomic E-state index is -4.70. The van der Waals surface area contributed by atoms with Crippen molar-refractivity contribution in [2.75, 3.05) is 10.6 Å². The number of amides is 2. The molecule has 0 aliphatic rings. The largest absolute Gasteiger partial charge is 0.417 e. The number of hydrogen-bond donors (Lipinski definition) is 2. The Morgan fingerprint density at radius 2 is 1.38 bits per heavy atom. The summed E-state index contributed by atoms with van der Waals surface area (Å²) in [7, 11) is 0. The van der Waals surface area contributed by atoms with Gasteiger partial charge in [0.05, 0.1) is 10.6 Å². The zero-order chi connectivity index (χ0) is 19.5. The number of benzene rings is 2. The molecule has 0 atom stereocenters. The molecule has 0 aliphatic carbocycles. The van der Waals surface area contributed by atoms with Crippen molar-refractivity contribution in [1.29, 1.82) is 0 Å². The molecule has 0 spiro atoms. The summed E-state index contributed by atoms with van der Waals surface area (Å²) >= 11 is 5.49. The van der Waals surface area contributed by atoms with Crippen LogP contribution in [0.25, 0.3) is 0 Å². The highest BCUT2D eigenvalue weighted by Crippen LogP contribution is 2.36. The van der Waals surface area contributed by atoms with Gasteiger partial charge in [-0.05, 0) is 49.4 Å². The van der Waals surface area contributed by atoms with E-state index in [9.17, 15) is 27.6 Å². The topological polar surface area (TPSA) is 75.3 Å². The molecule has 0 aromatic heterocycles. The Bertz CT molecular complexity index is 865. The minimum absolute atomic E-state index is 0.163. The van der Waals surface area contributed by atoms with Crippen molar-refractivity contribution in [2.24, 2.45) is 0 Å². The van der Waals surface area contributed by atoms with Crippen LogP contribution in [0.2, 0.25) is 5.02 Å². The lowest BCUT2D eigenvalue weighted by atomic mass is 10.1. The number of rotatable bonds is 3. The van der Waals surface area contributed by atoms with Gasteiger partial charge >= 0.3 is 18.0 Å². The van der Waals surface area contributed by atoms with Crippen LogP contribution >= 0.6 is 11.6 Å². The van der Waals surface area contributed by atoms with Gasteiger partial charge in [0.1, 0.15) is 0 Å². The molecular formula is C17H12ClF3N2O3. The number of anilines is 2. The number of Topliss-reactive ketones (excluding diaryl/α,β-unsaturated/α-hetero) is 1. The third-order valence-electron chi connectivity index (χ3n) is 3.29. The molecule has 26 heavy (non-hydrogen) atoms. The average Bonchev–Trinajstić information content (AvgIpc) is 2.56. The van der Waals surface area contributed by atoms with E-state index in [1.54, 1.807) is 0 Å². The van der Waals surface area contributed by atoms with E-state index in [1.165, 1.54) is 31.2 Å². The maximum atomic E-state index is 12.8. The summed E-state index contributed by atoms with van der Waals surface area (Å²) in [5.74, 6) is -2.40. The number of carbonyl (C=O) groups is 3. The molecule has 2 amide bonds. The fourth-order valence-electron chi connectivity index (χ4n) is 1.98. The lowest BCUT2D eigenvalue weighted by molar-refractivity contribution is -0.137. The van der Waals surface area contributed by atoms with E-state index in [4.69, 9.17) is 11.6 Å². The Hall–Kier alpha value is -2.87. The Morgan fingerprint density at radius 3 is 1.88 bits per heavy atom. The zero-order valence-corrected chi connectivity index (χ0v) is 14.0. The number of nitrogens with one attached hydrogen (secondary N) is 2. The van der Waals surface area contributed by atoms with E-state index in [2.05, 4.69) is 10.6 Å². The second-order valence-corrected chi connectivity index (χ2v) is 5.64. The molecule has 136 valence electrons. The standard InChI is InChI=1S/C17H12ClF3N2O3/c1-9(24)10-2-4-11(5-3-10)22-15(25)16(26)23-12-6-7-14(18)13(8-12)17(19,20)21/h2-8H,1H3,(H,22,25)(H,23,26). The predicted octanol–water partition coefficient (Wildman–Crippen LogP) is 4.14. The summed E-state index contributed by atoms with van der Waals surface area (Å²) < 4.78 is 38.4. The van der Waals surface area contributed by atoms with Gasteiger partial charge in [-0.25, -0.2) is 0 Å². The summed E-state index contributed by atoms with van der Waals surface area (Å²) in [4.78, 5) is 34.9. The van der Waals surface area contributed by atoms with Crippen molar-refractivity contribution in [2.45, 2.75) is 13.1 Å². The molecule has 5 nitrogen and oxygen atoms in total. The lowest BCUT2D eigenvalue weighted by Crippen LogP contribution is -2.29. The first-order valence-electron chi connectivity index (χ1n) is 7.18. The Labute approximate surface area is 151 Å². The van der Waals surface area contributed by atoms with E-state index in [0.29, 0.717) is 11.6 Å². The number of alkyl halides is 3. The average molecular weight is 385 g/mol. The van der Waals surface area contributed by atoms with E-state index in [-0.39, 0.29) is 17.2 Å². The second kappa shape index (κ2) is 7.57. The fourth-order valence-corrected chi connectivity index (χ4v) is 2.21. The van der Waals surface area contributed by atoms with Gasteiger partial charge in [0, 0.05) is 16.9 Å². The highest BCUT2D eigenvalue weighted by atomic mass is 35.5. The van der Waals surface area contributed by atoms with E-state index in [1.807, 2.05) is 0 Å². The molecular weight excluding hydrogens is 373 g/mol. The van der Waals surface area contributed by atoms with Crippen LogP contribution in [0, 0.1) is 0 Å². The van der Waals surface area contributed by atoms with Gasteiger partial charge in [0.15, 0.2) is 5.78 Å². The number of carbonyl (C=O) groups excluding carboxylic acids is 3. The first-order valence-corrected chi connectivity index (χ1v) is 7.56. The number of ketones is 1. The van der Waals surface area contributed by atoms with Crippen molar-refractivity contribution in [3.8, 4) is 0 Å². The van der Waals surface area contributed by atoms with Crippen LogP contribution in [0.1, 0.15) is 22.8 Å². The van der Waals surface area contributed by atoms with Crippen LogP contribution in [0.4, 0.5) is 24.5 Å².